The summed E-state index contributed by atoms with van der Waals surface area (Å²) in [6.45, 7) is 3.28. The van der Waals surface area contributed by atoms with Crippen molar-refractivity contribution in [2.24, 2.45) is 7.05 Å². The molecule has 2 aromatic heterocycles. The van der Waals surface area contributed by atoms with Gasteiger partial charge in [-0.2, -0.15) is 5.10 Å². The van der Waals surface area contributed by atoms with Crippen LogP contribution in [0.25, 0.3) is 11.0 Å². The predicted molar refractivity (Wildman–Crippen MR) is 100 cm³/mol. The zero-order valence-electron chi connectivity index (χ0n) is 15.6. The minimum absolute atomic E-state index is 0.180. The van der Waals surface area contributed by atoms with Crippen molar-refractivity contribution in [1.82, 2.24) is 14.8 Å². The quantitative estimate of drug-likeness (QED) is 0.742. The Hall–Kier alpha value is -3.42. The smallest absolute Gasteiger partial charge is 0.341 e. The van der Waals surface area contributed by atoms with Gasteiger partial charge in [0.1, 0.15) is 5.75 Å². The van der Waals surface area contributed by atoms with Gasteiger partial charge >= 0.3 is 5.97 Å². The monoisotopic (exact) mass is 368 g/mol. The van der Waals surface area contributed by atoms with E-state index in [1.54, 1.807) is 49.1 Å². The number of fused-ring (bicyclic) bond motifs is 1. The molecule has 1 amide bonds. The van der Waals surface area contributed by atoms with Crippen molar-refractivity contribution in [3.63, 3.8) is 0 Å². The number of carboxylic acids is 1. The molecule has 3 aromatic rings. The van der Waals surface area contributed by atoms with E-state index < -0.39 is 12.6 Å². The Morgan fingerprint density at radius 3 is 2.52 bits per heavy atom. The zero-order chi connectivity index (χ0) is 19.7. The molecule has 0 aliphatic heterocycles. The van der Waals surface area contributed by atoms with E-state index in [1.807, 2.05) is 13.8 Å². The Labute approximate surface area is 156 Å². The Balaban J connectivity index is 1.92. The second kappa shape index (κ2) is 7.06. The molecule has 0 spiro atoms. The van der Waals surface area contributed by atoms with Crippen LogP contribution in [0.5, 0.6) is 5.75 Å². The summed E-state index contributed by atoms with van der Waals surface area (Å²) in [6, 6.07) is 8.43. The van der Waals surface area contributed by atoms with Crippen LogP contribution < -0.4 is 9.64 Å². The van der Waals surface area contributed by atoms with Crippen molar-refractivity contribution >= 4 is 28.6 Å². The molecule has 0 unspecified atom stereocenters. The highest BCUT2D eigenvalue weighted by Gasteiger charge is 2.21. The number of anilines is 1. The van der Waals surface area contributed by atoms with Crippen LogP contribution >= 0.6 is 0 Å². The number of aliphatic carboxylic acids is 1. The molecule has 0 saturated heterocycles. The third kappa shape index (κ3) is 3.59. The molecule has 0 aliphatic rings. The van der Waals surface area contributed by atoms with Gasteiger partial charge in [0.25, 0.3) is 5.91 Å². The maximum absolute atomic E-state index is 13.1. The first-order valence-electron chi connectivity index (χ1n) is 8.31. The number of ether oxygens (including phenoxy) is 1. The summed E-state index contributed by atoms with van der Waals surface area (Å²) in [5, 5.41) is 13.8. The first-order chi connectivity index (χ1) is 12.8. The zero-order valence-corrected chi connectivity index (χ0v) is 15.6. The van der Waals surface area contributed by atoms with E-state index in [9.17, 15) is 9.59 Å². The lowest BCUT2D eigenvalue weighted by molar-refractivity contribution is -0.139. The summed E-state index contributed by atoms with van der Waals surface area (Å²) in [6.07, 6.45) is 0. The number of hydrogen-bond acceptors (Lipinski definition) is 5. The average Bonchev–Trinajstić information content (AvgIpc) is 2.92. The molecule has 27 heavy (non-hydrogen) atoms. The highest BCUT2D eigenvalue weighted by atomic mass is 16.5. The molecule has 0 bridgehead atoms. The van der Waals surface area contributed by atoms with E-state index in [0.717, 1.165) is 16.8 Å². The van der Waals surface area contributed by atoms with Crippen molar-refractivity contribution in [3.05, 3.63) is 47.3 Å². The second-order valence-corrected chi connectivity index (χ2v) is 6.26. The average molecular weight is 368 g/mol. The molecular formula is C19H20N4O4. The highest BCUT2D eigenvalue weighted by molar-refractivity contribution is 6.13. The minimum Gasteiger partial charge on any atom is -0.482 e. The number of amides is 1. The summed E-state index contributed by atoms with van der Waals surface area (Å²) in [7, 11) is 3.48. The molecule has 0 aliphatic carbocycles. The largest absolute Gasteiger partial charge is 0.482 e. The van der Waals surface area contributed by atoms with Gasteiger partial charge in [0.2, 0.25) is 0 Å². The number of aryl methyl sites for hydroxylation is 3. The fraction of sp³-hybridized carbons (Fsp3) is 0.263. The van der Waals surface area contributed by atoms with Crippen molar-refractivity contribution in [3.8, 4) is 5.75 Å². The normalized spacial score (nSPS) is 10.8. The predicted octanol–water partition coefficient (Wildman–Crippen LogP) is 2.33. The molecule has 8 heteroatoms. The first-order valence-corrected chi connectivity index (χ1v) is 8.31. The van der Waals surface area contributed by atoms with Crippen molar-refractivity contribution in [2.75, 3.05) is 18.6 Å². The van der Waals surface area contributed by atoms with Crippen LogP contribution in [0.4, 0.5) is 5.69 Å². The Kier molecular flexibility index (Phi) is 4.81. The number of aromatic nitrogens is 3. The minimum atomic E-state index is -1.05. The van der Waals surface area contributed by atoms with Gasteiger partial charge < -0.3 is 14.7 Å². The van der Waals surface area contributed by atoms with Gasteiger partial charge in [-0.15, -0.1) is 0 Å². The number of nitrogens with zero attached hydrogens (tertiary/aromatic N) is 4. The van der Waals surface area contributed by atoms with Crippen molar-refractivity contribution in [1.29, 1.82) is 0 Å². The van der Waals surface area contributed by atoms with Gasteiger partial charge in [0.05, 0.1) is 16.6 Å². The Morgan fingerprint density at radius 1 is 1.22 bits per heavy atom. The standard InChI is InChI=1S/C19H20N4O4/c1-11-9-15(17-12(2)21-23(4)18(17)20-11)19(26)22(3)13-5-7-14(8-6-13)27-10-16(24)25/h5-9H,10H2,1-4H3,(H,24,25). The maximum atomic E-state index is 13.1. The number of carboxylic acid groups (broad SMARTS) is 1. The molecule has 140 valence electrons. The van der Waals surface area contributed by atoms with Crippen LogP contribution in [0.15, 0.2) is 30.3 Å². The first kappa shape index (κ1) is 18.4. The molecule has 0 fully saturated rings. The summed E-state index contributed by atoms with van der Waals surface area (Å²) in [4.78, 5) is 29.7. The van der Waals surface area contributed by atoms with Crippen molar-refractivity contribution in [2.45, 2.75) is 13.8 Å². The van der Waals surface area contributed by atoms with E-state index in [-0.39, 0.29) is 5.91 Å². The van der Waals surface area contributed by atoms with Crippen molar-refractivity contribution < 1.29 is 19.4 Å². The molecule has 1 aromatic carbocycles. The van der Waals surface area contributed by atoms with Gasteiger partial charge in [-0.05, 0) is 44.2 Å². The third-order valence-electron chi connectivity index (χ3n) is 4.22. The second-order valence-electron chi connectivity index (χ2n) is 6.26. The number of benzene rings is 1. The Morgan fingerprint density at radius 2 is 1.89 bits per heavy atom. The van der Waals surface area contributed by atoms with E-state index in [4.69, 9.17) is 9.84 Å². The molecule has 0 radical (unpaired) electrons. The van der Waals surface area contributed by atoms with E-state index in [0.29, 0.717) is 22.6 Å². The highest BCUT2D eigenvalue weighted by Crippen LogP contribution is 2.25. The molecular weight excluding hydrogens is 348 g/mol. The van der Waals surface area contributed by atoms with Crippen LogP contribution in [0.1, 0.15) is 21.7 Å². The van der Waals surface area contributed by atoms with Gasteiger partial charge in [-0.1, -0.05) is 0 Å². The molecule has 8 nitrogen and oxygen atoms in total. The molecule has 0 atom stereocenters. The van der Waals surface area contributed by atoms with E-state index in [1.165, 1.54) is 4.90 Å². The van der Waals surface area contributed by atoms with E-state index in [2.05, 4.69) is 10.1 Å². The summed E-state index contributed by atoms with van der Waals surface area (Å²) in [5.74, 6) is -0.802. The van der Waals surface area contributed by atoms with Crippen LogP contribution in [-0.4, -0.2) is 45.4 Å². The molecule has 0 saturated carbocycles. The van der Waals surface area contributed by atoms with Gasteiger partial charge in [0.15, 0.2) is 12.3 Å². The lowest BCUT2D eigenvalue weighted by Crippen LogP contribution is -2.26. The maximum Gasteiger partial charge on any atom is 0.341 e. The lowest BCUT2D eigenvalue weighted by atomic mass is 10.1. The van der Waals surface area contributed by atoms with Crippen LogP contribution in [0, 0.1) is 13.8 Å². The third-order valence-corrected chi connectivity index (χ3v) is 4.22. The number of rotatable bonds is 5. The Bertz CT molecular complexity index is 1020. The number of hydrogen-bond donors (Lipinski definition) is 1. The lowest BCUT2D eigenvalue weighted by Gasteiger charge is -2.18. The van der Waals surface area contributed by atoms with E-state index >= 15 is 0 Å². The van der Waals surface area contributed by atoms with Gasteiger partial charge in [-0.3, -0.25) is 9.48 Å². The number of carbonyl (C=O) groups excluding carboxylic acids is 1. The molecule has 1 N–H and O–H groups in total. The van der Waals surface area contributed by atoms with Crippen LogP contribution in [0.3, 0.4) is 0 Å². The summed E-state index contributed by atoms with van der Waals surface area (Å²) in [5.41, 5.74) is 3.35. The van der Waals surface area contributed by atoms with Gasteiger partial charge in [-0.25, -0.2) is 9.78 Å². The topological polar surface area (TPSA) is 97.5 Å². The number of pyridine rings is 1. The summed E-state index contributed by atoms with van der Waals surface area (Å²) < 4.78 is 6.79. The fourth-order valence-corrected chi connectivity index (χ4v) is 2.95. The van der Waals surface area contributed by atoms with Crippen LogP contribution in [0.2, 0.25) is 0 Å². The molecule has 3 rings (SSSR count). The van der Waals surface area contributed by atoms with Gasteiger partial charge in [0, 0.05) is 25.5 Å². The number of carbonyl (C=O) groups is 2. The summed E-state index contributed by atoms with van der Waals surface area (Å²) >= 11 is 0. The fourth-order valence-electron chi connectivity index (χ4n) is 2.95. The molecule has 2 heterocycles. The SMILES string of the molecule is Cc1cc(C(=O)N(C)c2ccc(OCC(=O)O)cc2)c2c(C)nn(C)c2n1. The van der Waals surface area contributed by atoms with Crippen LogP contribution in [-0.2, 0) is 11.8 Å².